The minimum absolute atomic E-state index is 0.199. The molecule has 5 nitrogen and oxygen atoms in total. The lowest BCUT2D eigenvalue weighted by Crippen LogP contribution is -2.35. The zero-order valence-corrected chi connectivity index (χ0v) is 13.5. The molecule has 0 aliphatic heterocycles. The summed E-state index contributed by atoms with van der Waals surface area (Å²) in [6.07, 6.45) is -3.88. The second-order valence-corrected chi connectivity index (χ2v) is 6.59. The number of rotatable bonds is 5. The van der Waals surface area contributed by atoms with Gasteiger partial charge >= 0.3 is 6.18 Å². The molecule has 9 heteroatoms. The van der Waals surface area contributed by atoms with Crippen LogP contribution < -0.4 is 16.2 Å². The summed E-state index contributed by atoms with van der Waals surface area (Å²) in [5, 5.41) is 0. The van der Waals surface area contributed by atoms with Crippen molar-refractivity contribution in [2.75, 3.05) is 18.0 Å². The van der Waals surface area contributed by atoms with E-state index in [0.717, 1.165) is 0 Å². The first-order chi connectivity index (χ1) is 9.96. The molecule has 0 saturated carbocycles. The highest BCUT2D eigenvalue weighted by atomic mass is 32.2. The van der Waals surface area contributed by atoms with Crippen LogP contribution in [0.25, 0.3) is 0 Å². The molecule has 0 aliphatic carbocycles. The minimum Gasteiger partial charge on any atom is -0.398 e. The number of benzene rings is 1. The van der Waals surface area contributed by atoms with E-state index < -0.39 is 22.7 Å². The van der Waals surface area contributed by atoms with E-state index in [2.05, 4.69) is 0 Å². The van der Waals surface area contributed by atoms with Crippen LogP contribution in [0.4, 0.5) is 24.5 Å². The monoisotopic (exact) mass is 339 g/mol. The molecule has 5 N–H and O–H groups in total. The first-order valence-electron chi connectivity index (χ1n) is 6.71. The van der Waals surface area contributed by atoms with Gasteiger partial charge in [-0.25, -0.2) is 13.1 Å². The SMILES string of the molecule is CCc1c(N)c(C)c(S(=O)(=O)NCC(F)(F)F)c(CC)c1N. The Bertz CT molecular complexity index is 670. The molecule has 1 aromatic rings. The summed E-state index contributed by atoms with van der Waals surface area (Å²) < 4.78 is 62.9. The van der Waals surface area contributed by atoms with Crippen LogP contribution in [0.3, 0.4) is 0 Å². The number of sulfonamides is 1. The third kappa shape index (κ3) is 3.64. The molecular weight excluding hydrogens is 319 g/mol. The van der Waals surface area contributed by atoms with E-state index in [0.29, 0.717) is 17.5 Å². The summed E-state index contributed by atoms with van der Waals surface area (Å²) in [5.74, 6) is 0. The van der Waals surface area contributed by atoms with Crippen LogP contribution in [-0.4, -0.2) is 21.1 Å². The summed E-state index contributed by atoms with van der Waals surface area (Å²) in [5.41, 5.74) is 13.4. The predicted octanol–water partition coefficient (Wildman–Crippen LogP) is 2.12. The van der Waals surface area contributed by atoms with Gasteiger partial charge in [0.25, 0.3) is 0 Å². The third-order valence-electron chi connectivity index (χ3n) is 3.43. The van der Waals surface area contributed by atoms with Crippen molar-refractivity contribution in [1.82, 2.24) is 4.72 Å². The molecule has 0 unspecified atom stereocenters. The van der Waals surface area contributed by atoms with Gasteiger partial charge in [0.05, 0.1) is 4.90 Å². The van der Waals surface area contributed by atoms with E-state index in [4.69, 9.17) is 11.5 Å². The molecule has 22 heavy (non-hydrogen) atoms. The smallest absolute Gasteiger partial charge is 0.398 e. The molecule has 0 saturated heterocycles. The van der Waals surface area contributed by atoms with Crippen molar-refractivity contribution in [3.63, 3.8) is 0 Å². The fourth-order valence-corrected chi connectivity index (χ4v) is 3.96. The first-order valence-corrected chi connectivity index (χ1v) is 8.20. The number of halogens is 3. The second kappa shape index (κ2) is 6.33. The van der Waals surface area contributed by atoms with Gasteiger partial charge in [0.2, 0.25) is 10.0 Å². The number of nitrogen functional groups attached to an aromatic ring is 2. The molecule has 0 heterocycles. The fraction of sp³-hybridized carbons (Fsp3) is 0.538. The number of nitrogens with two attached hydrogens (primary N) is 2. The molecule has 126 valence electrons. The molecular formula is C13H20F3N3O2S. The summed E-state index contributed by atoms with van der Waals surface area (Å²) in [7, 11) is -4.37. The quantitative estimate of drug-likeness (QED) is 0.716. The Morgan fingerprint density at radius 3 is 1.95 bits per heavy atom. The summed E-state index contributed by atoms with van der Waals surface area (Å²) >= 11 is 0. The van der Waals surface area contributed by atoms with Crippen LogP contribution in [-0.2, 0) is 22.9 Å². The summed E-state index contributed by atoms with van der Waals surface area (Å²) in [6, 6.07) is 0. The van der Waals surface area contributed by atoms with Crippen LogP contribution in [0.2, 0.25) is 0 Å². The Labute approximate surface area is 127 Å². The lowest BCUT2D eigenvalue weighted by atomic mass is 9.97. The Morgan fingerprint density at radius 1 is 1.05 bits per heavy atom. The van der Waals surface area contributed by atoms with Gasteiger partial charge in [-0.1, -0.05) is 13.8 Å². The van der Waals surface area contributed by atoms with E-state index in [1.54, 1.807) is 11.6 Å². The largest absolute Gasteiger partial charge is 0.402 e. The maximum Gasteiger partial charge on any atom is 0.402 e. The van der Waals surface area contributed by atoms with Crippen molar-refractivity contribution in [3.8, 4) is 0 Å². The van der Waals surface area contributed by atoms with E-state index in [-0.39, 0.29) is 28.3 Å². The maximum absolute atomic E-state index is 12.3. The average Bonchev–Trinajstić information content (AvgIpc) is 2.40. The van der Waals surface area contributed by atoms with Crippen LogP contribution in [0.15, 0.2) is 4.90 Å². The Hall–Kier alpha value is -1.48. The maximum atomic E-state index is 12.3. The van der Waals surface area contributed by atoms with Crippen molar-refractivity contribution in [1.29, 1.82) is 0 Å². The number of alkyl halides is 3. The predicted molar refractivity (Wildman–Crippen MR) is 80.0 cm³/mol. The molecule has 0 aliphatic rings. The highest BCUT2D eigenvalue weighted by Crippen LogP contribution is 2.35. The molecule has 0 atom stereocenters. The normalized spacial score (nSPS) is 12.6. The Kier molecular flexibility index (Phi) is 5.34. The zero-order valence-electron chi connectivity index (χ0n) is 12.6. The minimum atomic E-state index is -4.65. The lowest BCUT2D eigenvalue weighted by Gasteiger charge is -2.21. The summed E-state index contributed by atoms with van der Waals surface area (Å²) in [4.78, 5) is -0.258. The van der Waals surface area contributed by atoms with Gasteiger partial charge in [-0.2, -0.15) is 13.2 Å². The Morgan fingerprint density at radius 2 is 1.55 bits per heavy atom. The number of nitrogens with one attached hydrogen (secondary N) is 1. The highest BCUT2D eigenvalue weighted by Gasteiger charge is 2.32. The van der Waals surface area contributed by atoms with Crippen molar-refractivity contribution < 1.29 is 21.6 Å². The lowest BCUT2D eigenvalue weighted by molar-refractivity contribution is -0.121. The van der Waals surface area contributed by atoms with Crippen LogP contribution in [0.5, 0.6) is 0 Å². The second-order valence-electron chi connectivity index (χ2n) is 4.89. The number of hydrogen-bond acceptors (Lipinski definition) is 4. The first kappa shape index (κ1) is 18.6. The van der Waals surface area contributed by atoms with Gasteiger partial charge in [0.1, 0.15) is 6.54 Å². The number of hydrogen-bond donors (Lipinski definition) is 3. The molecule has 0 amide bonds. The van der Waals surface area contributed by atoms with E-state index in [1.807, 2.05) is 6.92 Å². The van der Waals surface area contributed by atoms with Crippen LogP contribution in [0.1, 0.15) is 30.5 Å². The van der Waals surface area contributed by atoms with Crippen molar-refractivity contribution >= 4 is 21.4 Å². The summed E-state index contributed by atoms with van der Waals surface area (Å²) in [6.45, 7) is 3.32. The molecule has 1 aromatic carbocycles. The van der Waals surface area contributed by atoms with Gasteiger partial charge in [-0.05, 0) is 36.5 Å². The van der Waals surface area contributed by atoms with Gasteiger partial charge in [-0.15, -0.1) is 0 Å². The van der Waals surface area contributed by atoms with E-state index in [1.165, 1.54) is 6.92 Å². The Balaban J connectivity index is 3.53. The van der Waals surface area contributed by atoms with Gasteiger partial charge in [0.15, 0.2) is 0 Å². The molecule has 1 rings (SSSR count). The standard InChI is InChI=1S/C13H20F3N3O2S/c1-4-8-10(17)7(3)12(9(5-2)11(8)18)22(20,21)19-6-13(14,15)16/h19H,4-6,17-18H2,1-3H3. The molecule has 0 spiro atoms. The number of anilines is 2. The highest BCUT2D eigenvalue weighted by molar-refractivity contribution is 7.89. The van der Waals surface area contributed by atoms with Crippen molar-refractivity contribution in [2.45, 2.75) is 44.7 Å². The molecule has 0 bridgehead atoms. The topological polar surface area (TPSA) is 98.2 Å². The van der Waals surface area contributed by atoms with Gasteiger partial charge < -0.3 is 11.5 Å². The van der Waals surface area contributed by atoms with Crippen molar-refractivity contribution in [2.24, 2.45) is 0 Å². The third-order valence-corrected chi connectivity index (χ3v) is 5.05. The van der Waals surface area contributed by atoms with Crippen LogP contribution >= 0.6 is 0 Å². The van der Waals surface area contributed by atoms with Gasteiger partial charge in [-0.3, -0.25) is 0 Å². The molecule has 0 radical (unpaired) electrons. The van der Waals surface area contributed by atoms with Crippen LogP contribution in [0, 0.1) is 6.92 Å². The van der Waals surface area contributed by atoms with E-state index >= 15 is 0 Å². The molecule has 0 aromatic heterocycles. The molecule has 0 fully saturated rings. The zero-order chi connectivity index (χ0) is 17.3. The fourth-order valence-electron chi connectivity index (χ4n) is 2.37. The van der Waals surface area contributed by atoms with Gasteiger partial charge in [0, 0.05) is 11.4 Å². The van der Waals surface area contributed by atoms with E-state index in [9.17, 15) is 21.6 Å². The average molecular weight is 339 g/mol. The van der Waals surface area contributed by atoms with Crippen molar-refractivity contribution in [3.05, 3.63) is 16.7 Å².